The van der Waals surface area contributed by atoms with Crippen molar-refractivity contribution in [2.45, 2.75) is 32.6 Å². The van der Waals surface area contributed by atoms with Gasteiger partial charge in [0.1, 0.15) is 0 Å². The predicted molar refractivity (Wildman–Crippen MR) is 78.2 cm³/mol. The standard InChI is InChI=1S/C14H21BrN2/c1-10-4-2-3-5-11(10)9-17-14-7-6-12(16)8-13(14)15/h6-8,10-11,17H,2-5,9,16H2,1H3. The molecule has 2 nitrogen and oxygen atoms in total. The molecule has 94 valence electrons. The van der Waals surface area contributed by atoms with Crippen LogP contribution in [0.5, 0.6) is 0 Å². The summed E-state index contributed by atoms with van der Waals surface area (Å²) < 4.78 is 1.06. The average Bonchev–Trinajstić information content (AvgIpc) is 2.30. The molecule has 1 fully saturated rings. The Bertz CT molecular complexity index is 378. The third kappa shape index (κ3) is 3.38. The zero-order valence-corrected chi connectivity index (χ0v) is 12.0. The molecular formula is C14H21BrN2. The molecule has 1 aliphatic rings. The lowest BCUT2D eigenvalue weighted by Crippen LogP contribution is -2.24. The first-order valence-corrected chi connectivity index (χ1v) is 7.25. The van der Waals surface area contributed by atoms with Crippen molar-refractivity contribution in [1.29, 1.82) is 0 Å². The molecule has 1 aliphatic carbocycles. The molecule has 1 saturated carbocycles. The minimum atomic E-state index is 0.799. The van der Waals surface area contributed by atoms with Crippen molar-refractivity contribution >= 4 is 27.3 Å². The third-order valence-corrected chi connectivity index (χ3v) is 4.49. The molecule has 0 heterocycles. The van der Waals surface area contributed by atoms with Crippen molar-refractivity contribution in [2.24, 2.45) is 11.8 Å². The van der Waals surface area contributed by atoms with E-state index in [1.807, 2.05) is 18.2 Å². The number of benzene rings is 1. The van der Waals surface area contributed by atoms with E-state index in [0.29, 0.717) is 0 Å². The van der Waals surface area contributed by atoms with Crippen LogP contribution >= 0.6 is 15.9 Å². The minimum Gasteiger partial charge on any atom is -0.399 e. The minimum absolute atomic E-state index is 0.799. The molecule has 0 aromatic heterocycles. The quantitative estimate of drug-likeness (QED) is 0.818. The van der Waals surface area contributed by atoms with E-state index in [2.05, 4.69) is 28.2 Å². The van der Waals surface area contributed by atoms with Gasteiger partial charge in [0.25, 0.3) is 0 Å². The fourth-order valence-corrected chi connectivity index (χ4v) is 3.15. The molecule has 1 aromatic carbocycles. The molecule has 0 radical (unpaired) electrons. The van der Waals surface area contributed by atoms with Gasteiger partial charge >= 0.3 is 0 Å². The Morgan fingerprint density at radius 2 is 2.12 bits per heavy atom. The summed E-state index contributed by atoms with van der Waals surface area (Å²) in [6.45, 7) is 3.45. The lowest BCUT2D eigenvalue weighted by Gasteiger charge is -2.29. The van der Waals surface area contributed by atoms with Gasteiger partial charge in [-0.15, -0.1) is 0 Å². The second kappa shape index (κ2) is 5.76. The molecule has 17 heavy (non-hydrogen) atoms. The fourth-order valence-electron chi connectivity index (χ4n) is 2.61. The Hall–Kier alpha value is -0.700. The molecule has 0 aliphatic heterocycles. The number of nitrogen functional groups attached to an aromatic ring is 1. The van der Waals surface area contributed by atoms with E-state index in [-0.39, 0.29) is 0 Å². The number of nitrogens with one attached hydrogen (secondary N) is 1. The first-order chi connectivity index (χ1) is 8.16. The predicted octanol–water partition coefficient (Wildman–Crippen LogP) is 4.27. The Kier molecular flexibility index (Phi) is 4.32. The van der Waals surface area contributed by atoms with Crippen LogP contribution in [0.1, 0.15) is 32.6 Å². The van der Waals surface area contributed by atoms with Crippen molar-refractivity contribution in [1.82, 2.24) is 0 Å². The van der Waals surface area contributed by atoms with Gasteiger partial charge in [-0.05, 0) is 52.4 Å². The summed E-state index contributed by atoms with van der Waals surface area (Å²) in [5.41, 5.74) is 7.68. The topological polar surface area (TPSA) is 38.0 Å². The van der Waals surface area contributed by atoms with Gasteiger partial charge in [0.05, 0.1) is 0 Å². The molecule has 0 amide bonds. The second-order valence-electron chi connectivity index (χ2n) is 5.14. The molecule has 2 unspecified atom stereocenters. The van der Waals surface area contributed by atoms with Gasteiger partial charge in [-0.25, -0.2) is 0 Å². The molecule has 2 atom stereocenters. The van der Waals surface area contributed by atoms with E-state index < -0.39 is 0 Å². The van der Waals surface area contributed by atoms with E-state index in [0.717, 1.165) is 34.2 Å². The molecule has 3 N–H and O–H groups in total. The maximum atomic E-state index is 5.73. The van der Waals surface area contributed by atoms with Crippen LogP contribution in [-0.4, -0.2) is 6.54 Å². The van der Waals surface area contributed by atoms with E-state index in [9.17, 15) is 0 Å². The molecule has 2 rings (SSSR count). The molecular weight excluding hydrogens is 276 g/mol. The summed E-state index contributed by atoms with van der Waals surface area (Å²) >= 11 is 3.54. The van der Waals surface area contributed by atoms with Gasteiger partial charge in [-0.2, -0.15) is 0 Å². The van der Waals surface area contributed by atoms with Gasteiger partial charge in [0, 0.05) is 22.4 Å². The van der Waals surface area contributed by atoms with Gasteiger partial charge in [0.2, 0.25) is 0 Å². The number of anilines is 2. The van der Waals surface area contributed by atoms with Crippen LogP contribution in [0.25, 0.3) is 0 Å². The maximum absolute atomic E-state index is 5.73. The summed E-state index contributed by atoms with van der Waals surface area (Å²) in [7, 11) is 0. The van der Waals surface area contributed by atoms with Crippen LogP contribution in [-0.2, 0) is 0 Å². The Morgan fingerprint density at radius 3 is 2.82 bits per heavy atom. The van der Waals surface area contributed by atoms with Gasteiger partial charge in [0.15, 0.2) is 0 Å². The molecule has 3 heteroatoms. The number of rotatable bonds is 3. The smallest absolute Gasteiger partial charge is 0.0486 e. The number of hydrogen-bond acceptors (Lipinski definition) is 2. The van der Waals surface area contributed by atoms with Crippen LogP contribution in [0.15, 0.2) is 22.7 Å². The first-order valence-electron chi connectivity index (χ1n) is 6.45. The van der Waals surface area contributed by atoms with E-state index >= 15 is 0 Å². The van der Waals surface area contributed by atoms with Crippen molar-refractivity contribution < 1.29 is 0 Å². The maximum Gasteiger partial charge on any atom is 0.0486 e. The van der Waals surface area contributed by atoms with E-state index in [1.54, 1.807) is 0 Å². The Labute approximate surface area is 112 Å². The van der Waals surface area contributed by atoms with Crippen LogP contribution < -0.4 is 11.1 Å². The van der Waals surface area contributed by atoms with Crippen LogP contribution in [0.3, 0.4) is 0 Å². The highest BCUT2D eigenvalue weighted by molar-refractivity contribution is 9.10. The normalized spacial score (nSPS) is 24.6. The molecule has 1 aromatic rings. The summed E-state index contributed by atoms with van der Waals surface area (Å²) in [6.07, 6.45) is 5.54. The largest absolute Gasteiger partial charge is 0.399 e. The van der Waals surface area contributed by atoms with E-state index in [1.165, 1.54) is 25.7 Å². The monoisotopic (exact) mass is 296 g/mol. The molecule has 0 bridgehead atoms. The van der Waals surface area contributed by atoms with Crippen LogP contribution in [0.2, 0.25) is 0 Å². The van der Waals surface area contributed by atoms with Crippen molar-refractivity contribution in [3.63, 3.8) is 0 Å². The third-order valence-electron chi connectivity index (χ3n) is 3.84. The number of nitrogens with two attached hydrogens (primary N) is 1. The lowest BCUT2D eigenvalue weighted by molar-refractivity contribution is 0.268. The number of hydrogen-bond donors (Lipinski definition) is 2. The van der Waals surface area contributed by atoms with E-state index in [4.69, 9.17) is 5.73 Å². The number of halogens is 1. The zero-order valence-electron chi connectivity index (χ0n) is 10.4. The summed E-state index contributed by atoms with van der Waals surface area (Å²) in [5, 5.41) is 3.54. The first kappa shape index (κ1) is 12.7. The zero-order chi connectivity index (χ0) is 12.3. The summed E-state index contributed by atoms with van der Waals surface area (Å²) in [4.78, 5) is 0. The van der Waals surface area contributed by atoms with Crippen molar-refractivity contribution in [3.05, 3.63) is 22.7 Å². The highest BCUT2D eigenvalue weighted by Gasteiger charge is 2.20. The van der Waals surface area contributed by atoms with Gasteiger partial charge < -0.3 is 11.1 Å². The highest BCUT2D eigenvalue weighted by atomic mass is 79.9. The van der Waals surface area contributed by atoms with Crippen molar-refractivity contribution in [3.8, 4) is 0 Å². The van der Waals surface area contributed by atoms with Crippen LogP contribution in [0, 0.1) is 11.8 Å². The second-order valence-corrected chi connectivity index (χ2v) is 6.00. The SMILES string of the molecule is CC1CCCCC1CNc1ccc(N)cc1Br. The Morgan fingerprint density at radius 1 is 1.35 bits per heavy atom. The molecule has 0 saturated heterocycles. The summed E-state index contributed by atoms with van der Waals surface area (Å²) in [6, 6.07) is 5.94. The van der Waals surface area contributed by atoms with Crippen molar-refractivity contribution in [2.75, 3.05) is 17.6 Å². The fraction of sp³-hybridized carbons (Fsp3) is 0.571. The Balaban J connectivity index is 1.92. The molecule has 0 spiro atoms. The van der Waals surface area contributed by atoms with Gasteiger partial charge in [-0.3, -0.25) is 0 Å². The average molecular weight is 297 g/mol. The van der Waals surface area contributed by atoms with Crippen LogP contribution in [0.4, 0.5) is 11.4 Å². The van der Waals surface area contributed by atoms with Gasteiger partial charge in [-0.1, -0.05) is 26.2 Å². The highest BCUT2D eigenvalue weighted by Crippen LogP contribution is 2.31. The lowest BCUT2D eigenvalue weighted by atomic mass is 9.80. The summed E-state index contributed by atoms with van der Waals surface area (Å²) in [5.74, 6) is 1.66.